The van der Waals surface area contributed by atoms with Crippen molar-refractivity contribution in [3.8, 4) is 17.1 Å². The monoisotopic (exact) mass is 743 g/mol. The first kappa shape index (κ1) is 36.8. The number of benzene rings is 1. The number of likely N-dealkylation sites (tertiary alicyclic amines) is 1. The summed E-state index contributed by atoms with van der Waals surface area (Å²) in [6, 6.07) is 7.51. The number of alkyl halides is 3. The molecule has 14 nitrogen and oxygen atoms in total. The number of piperidine rings is 1. The number of imidazole rings is 1. The molecule has 0 aliphatic carbocycles. The number of carbonyl (C=O) groups excluding carboxylic acids is 3. The van der Waals surface area contributed by atoms with Gasteiger partial charge >= 0.3 is 6.18 Å². The first-order valence-corrected chi connectivity index (χ1v) is 16.9. The molecule has 2 aliphatic rings. The van der Waals surface area contributed by atoms with Gasteiger partial charge in [0.05, 0.1) is 67.1 Å². The summed E-state index contributed by atoms with van der Waals surface area (Å²) < 4.78 is 45.2. The van der Waals surface area contributed by atoms with Crippen LogP contribution in [0.5, 0.6) is 0 Å². The van der Waals surface area contributed by atoms with E-state index in [4.69, 9.17) is 11.6 Å². The number of rotatable bonds is 7. The highest BCUT2D eigenvalue weighted by Crippen LogP contribution is 2.37. The number of pyridine rings is 1. The Labute approximate surface area is 302 Å². The van der Waals surface area contributed by atoms with Gasteiger partial charge in [0.1, 0.15) is 0 Å². The van der Waals surface area contributed by atoms with Gasteiger partial charge in [-0.25, -0.2) is 14.6 Å². The van der Waals surface area contributed by atoms with E-state index < -0.39 is 23.4 Å². The zero-order valence-electron chi connectivity index (χ0n) is 29.0. The number of aliphatic hydroxyl groups is 1. The zero-order valence-corrected chi connectivity index (χ0v) is 29.8. The molecule has 5 heterocycles. The van der Waals surface area contributed by atoms with Gasteiger partial charge < -0.3 is 34.6 Å². The molecule has 0 unspecified atom stereocenters. The molecule has 276 valence electrons. The Bertz CT molecular complexity index is 1990. The van der Waals surface area contributed by atoms with E-state index in [0.29, 0.717) is 31.6 Å². The molecule has 2 fully saturated rings. The fourth-order valence-corrected chi connectivity index (χ4v) is 6.65. The van der Waals surface area contributed by atoms with E-state index in [1.54, 1.807) is 22.9 Å². The van der Waals surface area contributed by atoms with Crippen molar-refractivity contribution < 1.29 is 37.1 Å². The number of hydrogen-bond donors (Lipinski definition) is 3. The van der Waals surface area contributed by atoms with Gasteiger partial charge in [-0.1, -0.05) is 11.6 Å². The molecule has 0 atom stereocenters. The summed E-state index contributed by atoms with van der Waals surface area (Å²) in [6.45, 7) is 2.45. The zero-order chi connectivity index (χ0) is 37.6. The van der Waals surface area contributed by atoms with Gasteiger partial charge in [-0.15, -0.1) is 0 Å². The van der Waals surface area contributed by atoms with Crippen LogP contribution in [-0.2, 0) is 18.0 Å². The van der Waals surface area contributed by atoms with E-state index in [1.165, 1.54) is 48.3 Å². The van der Waals surface area contributed by atoms with Gasteiger partial charge in [0.15, 0.2) is 22.9 Å². The molecule has 18 heteroatoms. The van der Waals surface area contributed by atoms with E-state index in [9.17, 15) is 32.7 Å². The number of anilines is 2. The first-order chi connectivity index (χ1) is 24.5. The van der Waals surface area contributed by atoms with E-state index in [1.807, 2.05) is 0 Å². The second-order valence-electron chi connectivity index (χ2n) is 13.7. The van der Waals surface area contributed by atoms with Gasteiger partial charge in [0.25, 0.3) is 17.7 Å². The minimum atomic E-state index is -4.81. The number of quaternary nitrogens is 1. The van der Waals surface area contributed by atoms with Crippen molar-refractivity contribution in [1.82, 2.24) is 34.1 Å². The predicted molar refractivity (Wildman–Crippen MR) is 186 cm³/mol. The molecule has 0 saturated carbocycles. The third-order valence-electron chi connectivity index (χ3n) is 9.69. The molecule has 6 rings (SSSR count). The number of piperazine rings is 1. The van der Waals surface area contributed by atoms with Crippen LogP contribution < -0.4 is 10.6 Å². The number of carbonyl (C=O) groups is 3. The van der Waals surface area contributed by atoms with Crippen LogP contribution in [0.4, 0.5) is 24.5 Å². The van der Waals surface area contributed by atoms with E-state index in [2.05, 4.69) is 39.8 Å². The number of halogens is 4. The molecule has 2 saturated heterocycles. The van der Waals surface area contributed by atoms with Gasteiger partial charge in [-0.05, 0) is 30.3 Å². The Morgan fingerprint density at radius 2 is 1.62 bits per heavy atom. The SMILES string of the molecule is CNc1ccc(-n2cc(-c3cnc(C(=O)Nc4ccc(C(=O)N5CCN(C(=O)C6(O)CC[N+](C)(C)CC6)CC5)c(Cl)c4)n3C)c(C(F)(F)F)n2)nc1. The van der Waals surface area contributed by atoms with Crippen molar-refractivity contribution in [2.24, 2.45) is 7.05 Å². The first-order valence-electron chi connectivity index (χ1n) is 16.6. The summed E-state index contributed by atoms with van der Waals surface area (Å²) >= 11 is 6.50. The van der Waals surface area contributed by atoms with Crippen LogP contribution in [0.2, 0.25) is 5.02 Å². The largest absolute Gasteiger partial charge is 0.435 e. The number of amides is 3. The molecule has 0 spiro atoms. The quantitative estimate of drug-likeness (QED) is 0.244. The Morgan fingerprint density at radius 3 is 2.21 bits per heavy atom. The third kappa shape index (κ3) is 7.33. The Balaban J connectivity index is 1.11. The maximum absolute atomic E-state index is 14.1. The summed E-state index contributed by atoms with van der Waals surface area (Å²) in [5.74, 6) is -1.41. The summed E-state index contributed by atoms with van der Waals surface area (Å²) in [5, 5.41) is 20.4. The van der Waals surface area contributed by atoms with Gasteiger partial charge in [0, 0.05) is 65.0 Å². The fourth-order valence-electron chi connectivity index (χ4n) is 6.38. The highest BCUT2D eigenvalue weighted by Gasteiger charge is 2.46. The summed E-state index contributed by atoms with van der Waals surface area (Å²) in [7, 11) is 7.23. The molecule has 3 N–H and O–H groups in total. The van der Waals surface area contributed by atoms with Gasteiger partial charge in [-0.3, -0.25) is 14.4 Å². The van der Waals surface area contributed by atoms with E-state index in [-0.39, 0.29) is 77.2 Å². The smallest absolute Gasteiger partial charge is 0.387 e. The highest BCUT2D eigenvalue weighted by molar-refractivity contribution is 6.34. The average Bonchev–Trinajstić information content (AvgIpc) is 3.73. The molecule has 0 bridgehead atoms. The fraction of sp³-hybridized carbons (Fsp3) is 0.412. The molecular formula is C34H39ClF3N10O4+. The summed E-state index contributed by atoms with van der Waals surface area (Å²) in [6.07, 6.45) is -0.259. The number of nitrogens with one attached hydrogen (secondary N) is 2. The number of nitrogens with zero attached hydrogens (tertiary/aromatic N) is 8. The molecular weight excluding hydrogens is 705 g/mol. The lowest BCUT2D eigenvalue weighted by atomic mass is 9.89. The normalized spacial score (nSPS) is 17.2. The van der Waals surface area contributed by atoms with Crippen LogP contribution in [0.3, 0.4) is 0 Å². The van der Waals surface area contributed by atoms with Crippen molar-refractivity contribution in [1.29, 1.82) is 0 Å². The maximum Gasteiger partial charge on any atom is 0.435 e. The molecule has 0 radical (unpaired) electrons. The van der Waals surface area contributed by atoms with Crippen LogP contribution in [0, 0.1) is 0 Å². The number of aromatic nitrogens is 5. The predicted octanol–water partition coefficient (Wildman–Crippen LogP) is 3.52. The Morgan fingerprint density at radius 1 is 0.962 bits per heavy atom. The van der Waals surface area contributed by atoms with Crippen molar-refractivity contribution in [3.05, 3.63) is 71.0 Å². The topological polar surface area (TPSA) is 151 Å². The minimum Gasteiger partial charge on any atom is -0.387 e. The van der Waals surface area contributed by atoms with Crippen LogP contribution in [0.15, 0.2) is 48.9 Å². The second-order valence-corrected chi connectivity index (χ2v) is 14.1. The lowest BCUT2D eigenvalue weighted by molar-refractivity contribution is -0.897. The molecule has 1 aromatic carbocycles. The Kier molecular flexibility index (Phi) is 9.80. The van der Waals surface area contributed by atoms with Gasteiger partial charge in [-0.2, -0.15) is 18.3 Å². The third-order valence-corrected chi connectivity index (χ3v) is 10.0. The van der Waals surface area contributed by atoms with Gasteiger partial charge in [0.2, 0.25) is 0 Å². The molecule has 3 aromatic heterocycles. The number of hydrogen-bond acceptors (Lipinski definition) is 8. The van der Waals surface area contributed by atoms with Crippen LogP contribution in [-0.4, -0.2) is 127 Å². The Hall–Kier alpha value is -5.00. The molecule has 3 amide bonds. The molecule has 4 aromatic rings. The van der Waals surface area contributed by atoms with E-state index in [0.717, 1.165) is 15.4 Å². The summed E-state index contributed by atoms with van der Waals surface area (Å²) in [5.41, 5.74) is -1.79. The standard InChI is InChI=1S/C34H38ClF3N10O4/c1-39-22-6-8-27(40-18-22)47-20-24(28(43-47)34(36,37)38)26-19-41-29(44(26)2)30(49)42-21-5-7-23(25(35)17-21)31(50)45-11-13-46(14-12-45)32(51)33(52)9-15-48(3,4)16-10-33/h5-8,17-20,39,52H,9-16H2,1-4H3/p+1. The van der Waals surface area contributed by atoms with Crippen molar-refractivity contribution in [2.45, 2.75) is 24.6 Å². The van der Waals surface area contributed by atoms with Crippen molar-refractivity contribution in [3.63, 3.8) is 0 Å². The highest BCUT2D eigenvalue weighted by atomic mass is 35.5. The van der Waals surface area contributed by atoms with Crippen molar-refractivity contribution in [2.75, 3.05) is 71.0 Å². The maximum atomic E-state index is 14.1. The lowest BCUT2D eigenvalue weighted by Crippen LogP contribution is -2.61. The minimum absolute atomic E-state index is 0.00700. The lowest BCUT2D eigenvalue weighted by Gasteiger charge is -2.44. The van der Waals surface area contributed by atoms with Crippen LogP contribution in [0.25, 0.3) is 17.1 Å². The van der Waals surface area contributed by atoms with E-state index >= 15 is 0 Å². The second kappa shape index (κ2) is 13.9. The summed E-state index contributed by atoms with van der Waals surface area (Å²) in [4.78, 5) is 51.3. The molecule has 2 aliphatic heterocycles. The molecule has 52 heavy (non-hydrogen) atoms. The van der Waals surface area contributed by atoms with Crippen LogP contribution >= 0.6 is 11.6 Å². The average molecular weight is 744 g/mol. The van der Waals surface area contributed by atoms with Crippen molar-refractivity contribution >= 4 is 40.7 Å². The van der Waals surface area contributed by atoms with Crippen LogP contribution in [0.1, 0.15) is 39.5 Å².